The molecule has 4 N–H and O–H groups in total. The van der Waals surface area contributed by atoms with E-state index in [9.17, 15) is 15.3 Å². The number of hydrogen-bond acceptors (Lipinski definition) is 7. The van der Waals surface area contributed by atoms with Crippen molar-refractivity contribution in [3.05, 3.63) is 11.5 Å². The summed E-state index contributed by atoms with van der Waals surface area (Å²) in [4.78, 5) is 9.09. The third-order valence-corrected chi connectivity index (χ3v) is 6.70. The molecule has 1 saturated heterocycles. The first-order valence-electron chi connectivity index (χ1n) is 9.92. The molecule has 0 saturated carbocycles. The molecule has 0 amide bonds. The maximum atomic E-state index is 10.8. The lowest BCUT2D eigenvalue weighted by Crippen LogP contribution is -2.33. The Kier molecular flexibility index (Phi) is 6.37. The number of ether oxygens (including phenoxy) is 1. The number of aliphatic imine (C=N–C) groups is 1. The van der Waals surface area contributed by atoms with Gasteiger partial charge < -0.3 is 25.4 Å². The topological polar surface area (TPSA) is 112 Å². The molecule has 3 rings (SSSR count). The average molecular weight is 412 g/mol. The summed E-state index contributed by atoms with van der Waals surface area (Å²) in [6.45, 7) is 6.88. The Labute approximate surface area is 166 Å². The normalized spacial score (nSPS) is 30.1. The van der Waals surface area contributed by atoms with E-state index in [0.29, 0.717) is 36.0 Å². The van der Waals surface area contributed by atoms with Crippen molar-refractivity contribution < 1.29 is 20.1 Å². The molecule has 1 aromatic rings. The van der Waals surface area contributed by atoms with Crippen LogP contribution in [0.5, 0.6) is 0 Å². The van der Waals surface area contributed by atoms with Crippen LogP contribution in [0.15, 0.2) is 4.99 Å². The van der Waals surface area contributed by atoms with Gasteiger partial charge in [-0.15, -0.1) is 13.2 Å². The number of nitrogens with zero attached hydrogens (tertiary/aromatic N) is 3. The van der Waals surface area contributed by atoms with Crippen molar-refractivity contribution in [1.82, 2.24) is 14.9 Å². The van der Waals surface area contributed by atoms with Gasteiger partial charge in [-0.2, -0.15) is 0 Å². The summed E-state index contributed by atoms with van der Waals surface area (Å²) in [6.07, 6.45) is 4.04. The van der Waals surface area contributed by atoms with Crippen molar-refractivity contribution in [2.45, 2.75) is 70.3 Å². The molecular formula is C19H33N4O4P. The highest BCUT2D eigenvalue weighted by Gasteiger charge is 2.45. The number of unbranched alkanes of at least 4 members (excludes halogenated alkanes) is 1. The van der Waals surface area contributed by atoms with Gasteiger partial charge in [0.2, 0.25) is 0 Å². The van der Waals surface area contributed by atoms with E-state index in [-0.39, 0.29) is 0 Å². The standard InChI is InChI=1S/C19H33N4O4P/c1-6-7-8-13-22-14-17(20-11(2)21-18(14)26)23(13)19-16(25)15(24)12(27-19)9-10-28(3,4)5/h12,15-16,18-19,24-26H,3,6-10H2,1-2,4-5H3,(H,20,21)/t12-,15-,16-,18?,19-/m1/s1. The Morgan fingerprint density at radius 2 is 1.96 bits per heavy atom. The second-order valence-electron chi connectivity index (χ2n) is 8.45. The van der Waals surface area contributed by atoms with Crippen LogP contribution in [0, 0.1) is 0 Å². The van der Waals surface area contributed by atoms with Crippen LogP contribution in [-0.4, -0.2) is 74.8 Å². The summed E-state index contributed by atoms with van der Waals surface area (Å²) >= 11 is 0. The number of nitrogens with one attached hydrogen (secondary N) is 1. The van der Waals surface area contributed by atoms with E-state index in [2.05, 4.69) is 41.8 Å². The molecule has 2 aliphatic rings. The van der Waals surface area contributed by atoms with Gasteiger partial charge in [0, 0.05) is 6.42 Å². The first kappa shape index (κ1) is 21.5. The van der Waals surface area contributed by atoms with Gasteiger partial charge in [-0.25, -0.2) is 9.98 Å². The zero-order valence-corrected chi connectivity index (χ0v) is 18.1. The van der Waals surface area contributed by atoms with Gasteiger partial charge in [0.15, 0.2) is 18.3 Å². The lowest BCUT2D eigenvalue weighted by molar-refractivity contribution is -0.0380. The van der Waals surface area contributed by atoms with E-state index in [0.717, 1.165) is 19.0 Å². The molecule has 9 heteroatoms. The minimum absolute atomic E-state index is 0.426. The Balaban J connectivity index is 1.94. The number of aliphatic hydroxyl groups is 3. The van der Waals surface area contributed by atoms with Gasteiger partial charge in [-0.3, -0.25) is 4.57 Å². The monoisotopic (exact) mass is 412 g/mol. The van der Waals surface area contributed by atoms with Crippen LogP contribution in [0.25, 0.3) is 0 Å². The van der Waals surface area contributed by atoms with Gasteiger partial charge in [0.25, 0.3) is 0 Å². The largest absolute Gasteiger partial charge is 0.388 e. The number of fused-ring (bicyclic) bond motifs is 1. The highest BCUT2D eigenvalue weighted by Crippen LogP contribution is 2.42. The smallest absolute Gasteiger partial charge is 0.172 e. The van der Waals surface area contributed by atoms with E-state index < -0.39 is 37.7 Å². The van der Waals surface area contributed by atoms with E-state index in [1.165, 1.54) is 0 Å². The SMILES string of the molecule is C=P(C)(C)CC[C@H]1O[C@@H](n2c(CCCC)nc3c2N=C(C)NC3O)[C@H](O)[C@@H]1O. The number of aromatic nitrogens is 2. The van der Waals surface area contributed by atoms with Gasteiger partial charge in [-0.05, 0) is 39.3 Å². The van der Waals surface area contributed by atoms with Crippen molar-refractivity contribution in [3.63, 3.8) is 0 Å². The van der Waals surface area contributed by atoms with E-state index in [4.69, 9.17) is 4.74 Å². The maximum absolute atomic E-state index is 10.8. The van der Waals surface area contributed by atoms with Crippen LogP contribution in [0.3, 0.4) is 0 Å². The molecular weight excluding hydrogens is 379 g/mol. The Morgan fingerprint density at radius 1 is 1.25 bits per heavy atom. The number of aliphatic hydroxyl groups excluding tert-OH is 3. The van der Waals surface area contributed by atoms with Gasteiger partial charge in [0.1, 0.15) is 29.6 Å². The fourth-order valence-electron chi connectivity index (χ4n) is 3.68. The quantitative estimate of drug-likeness (QED) is 0.506. The zero-order valence-electron chi connectivity index (χ0n) is 17.2. The zero-order chi connectivity index (χ0) is 20.6. The molecule has 8 nitrogen and oxygen atoms in total. The molecule has 1 fully saturated rings. The summed E-state index contributed by atoms with van der Waals surface area (Å²) in [7, 11) is 0. The van der Waals surface area contributed by atoms with Crippen LogP contribution in [0.2, 0.25) is 0 Å². The fourth-order valence-corrected chi connectivity index (χ4v) is 4.63. The predicted octanol–water partition coefficient (Wildman–Crippen LogP) is 1.59. The summed E-state index contributed by atoms with van der Waals surface area (Å²) in [5, 5.41) is 34.6. The van der Waals surface area contributed by atoms with Crippen LogP contribution in [0.1, 0.15) is 57.1 Å². The molecule has 28 heavy (non-hydrogen) atoms. The number of amidine groups is 1. The van der Waals surface area contributed by atoms with Crippen LogP contribution >= 0.6 is 6.89 Å². The molecule has 5 atom stereocenters. The average Bonchev–Trinajstić information content (AvgIpc) is 3.09. The molecule has 2 aliphatic heterocycles. The highest BCUT2D eigenvalue weighted by atomic mass is 31.2. The van der Waals surface area contributed by atoms with Crippen molar-refractivity contribution in [1.29, 1.82) is 0 Å². The predicted molar refractivity (Wildman–Crippen MR) is 113 cm³/mol. The van der Waals surface area contributed by atoms with Gasteiger partial charge in [-0.1, -0.05) is 13.3 Å². The third-order valence-electron chi connectivity index (χ3n) is 5.23. The molecule has 0 aromatic carbocycles. The molecule has 1 aromatic heterocycles. The third kappa shape index (κ3) is 4.36. The minimum atomic E-state index is -1.26. The van der Waals surface area contributed by atoms with Crippen LogP contribution in [-0.2, 0) is 11.2 Å². The first-order chi connectivity index (χ1) is 13.1. The highest BCUT2D eigenvalue weighted by molar-refractivity contribution is 7.72. The van der Waals surface area contributed by atoms with Crippen LogP contribution in [0.4, 0.5) is 5.82 Å². The number of rotatable bonds is 7. The Morgan fingerprint density at radius 3 is 2.61 bits per heavy atom. The van der Waals surface area contributed by atoms with Gasteiger partial charge >= 0.3 is 0 Å². The molecule has 1 unspecified atom stereocenters. The van der Waals surface area contributed by atoms with E-state index in [1.54, 1.807) is 11.5 Å². The first-order valence-corrected chi connectivity index (χ1v) is 13.0. The molecule has 0 bridgehead atoms. The molecule has 0 spiro atoms. The van der Waals surface area contributed by atoms with E-state index in [1.807, 2.05) is 0 Å². The minimum Gasteiger partial charge on any atom is -0.388 e. The van der Waals surface area contributed by atoms with Crippen molar-refractivity contribution in [2.75, 3.05) is 19.5 Å². The fraction of sp³-hybridized carbons (Fsp3) is 0.737. The van der Waals surface area contributed by atoms with Crippen LogP contribution < -0.4 is 5.32 Å². The Bertz CT molecular complexity index is 787. The second kappa shape index (κ2) is 8.28. The number of aryl methyl sites for hydroxylation is 1. The van der Waals surface area contributed by atoms with Gasteiger partial charge in [0.05, 0.1) is 6.10 Å². The Hall–Kier alpha value is -1.18. The van der Waals surface area contributed by atoms with Crippen molar-refractivity contribution in [3.8, 4) is 0 Å². The number of hydrogen-bond donors (Lipinski definition) is 4. The summed E-state index contributed by atoms with van der Waals surface area (Å²) in [6, 6.07) is 0. The maximum Gasteiger partial charge on any atom is 0.172 e. The summed E-state index contributed by atoms with van der Waals surface area (Å²) in [5.41, 5.74) is 0.426. The molecule has 3 heterocycles. The molecule has 158 valence electrons. The number of imidazole rings is 1. The summed E-state index contributed by atoms with van der Waals surface area (Å²) < 4.78 is 7.89. The van der Waals surface area contributed by atoms with E-state index >= 15 is 0 Å². The lowest BCUT2D eigenvalue weighted by Gasteiger charge is -2.23. The van der Waals surface area contributed by atoms with Crippen molar-refractivity contribution in [2.24, 2.45) is 4.99 Å². The lowest BCUT2D eigenvalue weighted by atomic mass is 10.1. The second-order valence-corrected chi connectivity index (χ2v) is 12.8. The molecule has 0 radical (unpaired) electrons. The van der Waals surface area contributed by atoms with Crippen molar-refractivity contribution >= 4 is 24.8 Å². The molecule has 0 aliphatic carbocycles. The summed E-state index contributed by atoms with van der Waals surface area (Å²) in [5.74, 6) is 1.75.